The lowest BCUT2D eigenvalue weighted by atomic mass is 9.63. The maximum atomic E-state index is 9.35. The zero-order valence-electron chi connectivity index (χ0n) is 28.3. The SMILES string of the molecule is N#Cc1ccc(-c2cc(-c3ccc(-c4cccc5c4Oc4ccccc4C5(c4ccccc4)c4ccccc4)cc3)cc(-c3ccccc3)n2)cc1. The lowest BCUT2D eigenvalue weighted by molar-refractivity contribution is 0.436. The first-order chi connectivity index (χ1) is 25.7. The average molecular weight is 665 g/mol. The highest BCUT2D eigenvalue weighted by Gasteiger charge is 2.45. The van der Waals surface area contributed by atoms with Crippen molar-refractivity contribution in [2.45, 2.75) is 5.41 Å². The summed E-state index contributed by atoms with van der Waals surface area (Å²) >= 11 is 0. The Hall–Kier alpha value is -7.02. The smallest absolute Gasteiger partial charge is 0.140 e. The molecule has 8 aromatic rings. The van der Waals surface area contributed by atoms with E-state index in [1.165, 1.54) is 11.1 Å². The maximum absolute atomic E-state index is 9.35. The van der Waals surface area contributed by atoms with Crippen molar-refractivity contribution >= 4 is 0 Å². The number of pyridine rings is 1. The van der Waals surface area contributed by atoms with Crippen molar-refractivity contribution in [1.29, 1.82) is 5.26 Å². The number of aromatic nitrogens is 1. The van der Waals surface area contributed by atoms with Crippen molar-refractivity contribution in [3.63, 3.8) is 0 Å². The molecule has 3 heteroatoms. The van der Waals surface area contributed by atoms with E-state index in [2.05, 4.69) is 152 Å². The van der Waals surface area contributed by atoms with Gasteiger partial charge in [0, 0.05) is 27.8 Å². The van der Waals surface area contributed by atoms with Crippen molar-refractivity contribution < 1.29 is 4.74 Å². The monoisotopic (exact) mass is 664 g/mol. The molecule has 0 saturated heterocycles. The van der Waals surface area contributed by atoms with Crippen LogP contribution in [0.1, 0.15) is 27.8 Å². The zero-order valence-corrected chi connectivity index (χ0v) is 28.3. The summed E-state index contributed by atoms with van der Waals surface area (Å²) in [5.41, 5.74) is 12.7. The van der Waals surface area contributed by atoms with E-state index in [1.807, 2.05) is 48.5 Å². The molecule has 244 valence electrons. The number of benzene rings is 7. The van der Waals surface area contributed by atoms with Gasteiger partial charge in [-0.05, 0) is 58.1 Å². The van der Waals surface area contributed by atoms with Crippen LogP contribution < -0.4 is 4.74 Å². The Morgan fingerprint density at radius 3 is 1.60 bits per heavy atom. The number of ether oxygens (including phenoxy) is 1. The fourth-order valence-corrected chi connectivity index (χ4v) is 7.61. The van der Waals surface area contributed by atoms with E-state index in [9.17, 15) is 5.26 Å². The molecule has 1 aliphatic rings. The van der Waals surface area contributed by atoms with Crippen LogP contribution in [0.25, 0.3) is 44.8 Å². The molecule has 0 amide bonds. The van der Waals surface area contributed by atoms with Gasteiger partial charge in [-0.15, -0.1) is 0 Å². The number of nitriles is 1. The second-order valence-corrected chi connectivity index (χ2v) is 13.0. The zero-order chi connectivity index (χ0) is 34.9. The predicted molar refractivity (Wildman–Crippen MR) is 209 cm³/mol. The van der Waals surface area contributed by atoms with E-state index < -0.39 is 5.41 Å². The van der Waals surface area contributed by atoms with Crippen molar-refractivity contribution in [2.75, 3.05) is 0 Å². The molecule has 3 nitrogen and oxygen atoms in total. The summed E-state index contributed by atoms with van der Waals surface area (Å²) in [5.74, 6) is 1.72. The van der Waals surface area contributed by atoms with Gasteiger partial charge in [0.1, 0.15) is 11.5 Å². The number of rotatable bonds is 6. The summed E-state index contributed by atoms with van der Waals surface area (Å²) in [6, 6.07) is 69.6. The predicted octanol–water partition coefficient (Wildman–Crippen LogP) is 12.1. The normalized spacial score (nSPS) is 12.5. The molecule has 0 radical (unpaired) electrons. The van der Waals surface area contributed by atoms with Gasteiger partial charge in [0.25, 0.3) is 0 Å². The summed E-state index contributed by atoms with van der Waals surface area (Å²) in [6.07, 6.45) is 0. The Balaban J connectivity index is 1.18. The molecule has 0 fully saturated rings. The van der Waals surface area contributed by atoms with E-state index in [0.717, 1.165) is 67.4 Å². The molecule has 52 heavy (non-hydrogen) atoms. The summed E-state index contributed by atoms with van der Waals surface area (Å²) in [5, 5.41) is 9.35. The first kappa shape index (κ1) is 31.0. The molecule has 0 saturated carbocycles. The van der Waals surface area contributed by atoms with Crippen molar-refractivity contribution in [3.8, 4) is 62.3 Å². The molecule has 1 aliphatic heterocycles. The van der Waals surface area contributed by atoms with E-state index in [0.29, 0.717) is 5.56 Å². The van der Waals surface area contributed by atoms with Gasteiger partial charge >= 0.3 is 0 Å². The van der Waals surface area contributed by atoms with Gasteiger partial charge in [-0.1, -0.05) is 164 Å². The quantitative estimate of drug-likeness (QED) is 0.178. The van der Waals surface area contributed by atoms with Gasteiger partial charge in [-0.25, -0.2) is 4.98 Å². The van der Waals surface area contributed by atoms with Gasteiger partial charge in [-0.2, -0.15) is 5.26 Å². The fraction of sp³-hybridized carbons (Fsp3) is 0.0204. The number of fused-ring (bicyclic) bond motifs is 2. The van der Waals surface area contributed by atoms with Crippen LogP contribution in [-0.2, 0) is 5.41 Å². The van der Waals surface area contributed by atoms with Gasteiger partial charge in [-0.3, -0.25) is 0 Å². The minimum absolute atomic E-state index is 0.574. The Morgan fingerprint density at radius 1 is 0.442 bits per heavy atom. The Kier molecular flexibility index (Phi) is 7.76. The maximum Gasteiger partial charge on any atom is 0.140 e. The summed E-state index contributed by atoms with van der Waals surface area (Å²) in [4.78, 5) is 5.05. The highest BCUT2D eigenvalue weighted by atomic mass is 16.5. The highest BCUT2D eigenvalue weighted by Crippen LogP contribution is 2.57. The van der Waals surface area contributed by atoms with Gasteiger partial charge in [0.15, 0.2) is 0 Å². The fourth-order valence-electron chi connectivity index (χ4n) is 7.61. The van der Waals surface area contributed by atoms with E-state index in [-0.39, 0.29) is 0 Å². The molecule has 7 aromatic carbocycles. The van der Waals surface area contributed by atoms with Crippen LogP contribution in [-0.4, -0.2) is 4.98 Å². The third kappa shape index (κ3) is 5.26. The molecule has 2 heterocycles. The minimum atomic E-state index is -0.574. The first-order valence-electron chi connectivity index (χ1n) is 17.4. The number of hydrogen-bond acceptors (Lipinski definition) is 3. The van der Waals surface area contributed by atoms with Crippen LogP contribution >= 0.6 is 0 Å². The molecule has 0 unspecified atom stereocenters. The number of hydrogen-bond donors (Lipinski definition) is 0. The van der Waals surface area contributed by atoms with E-state index in [4.69, 9.17) is 9.72 Å². The third-order valence-electron chi connectivity index (χ3n) is 10.1. The average Bonchev–Trinajstić information content (AvgIpc) is 3.23. The van der Waals surface area contributed by atoms with Crippen molar-refractivity contribution in [3.05, 3.63) is 222 Å². The Morgan fingerprint density at radius 2 is 0.962 bits per heavy atom. The molecule has 0 spiro atoms. The number of para-hydroxylation sites is 2. The van der Waals surface area contributed by atoms with E-state index >= 15 is 0 Å². The summed E-state index contributed by atoms with van der Waals surface area (Å²) in [6.45, 7) is 0. The van der Waals surface area contributed by atoms with Crippen LogP contribution in [0.15, 0.2) is 194 Å². The largest absolute Gasteiger partial charge is 0.456 e. The van der Waals surface area contributed by atoms with Crippen LogP contribution in [0.4, 0.5) is 0 Å². The van der Waals surface area contributed by atoms with Gasteiger partial charge in [0.05, 0.1) is 28.4 Å². The Bertz CT molecular complexity index is 2530. The van der Waals surface area contributed by atoms with Gasteiger partial charge < -0.3 is 4.74 Å². The van der Waals surface area contributed by atoms with Gasteiger partial charge in [0.2, 0.25) is 0 Å². The van der Waals surface area contributed by atoms with Crippen molar-refractivity contribution in [1.82, 2.24) is 4.98 Å². The van der Waals surface area contributed by atoms with Crippen LogP contribution in [0.5, 0.6) is 11.5 Å². The third-order valence-corrected chi connectivity index (χ3v) is 10.1. The molecule has 1 aromatic heterocycles. The molecule has 0 atom stereocenters. The minimum Gasteiger partial charge on any atom is -0.456 e. The molecule has 9 rings (SSSR count). The lowest BCUT2D eigenvalue weighted by Gasteiger charge is -2.42. The topological polar surface area (TPSA) is 45.9 Å². The second kappa shape index (κ2) is 13.0. The molecular formula is C49H32N2O. The van der Waals surface area contributed by atoms with Crippen LogP contribution in [0.3, 0.4) is 0 Å². The molecule has 0 N–H and O–H groups in total. The van der Waals surface area contributed by atoms with Crippen molar-refractivity contribution in [2.24, 2.45) is 0 Å². The standard InChI is InChI=1S/C49H32N2O/c50-33-34-23-25-38(26-24-34)46-32-39(31-45(51-46)37-13-4-1-5-14-37)35-27-29-36(30-28-35)42-19-12-21-44-48(42)52-47-22-11-10-20-43(47)49(44,40-15-6-2-7-16-40)41-17-8-3-9-18-41/h1-32H. The molecular weight excluding hydrogens is 633 g/mol. The highest BCUT2D eigenvalue weighted by molar-refractivity contribution is 5.82. The Labute approximate surface area is 303 Å². The van der Waals surface area contributed by atoms with Crippen LogP contribution in [0, 0.1) is 11.3 Å². The lowest BCUT2D eigenvalue weighted by Crippen LogP contribution is -2.34. The van der Waals surface area contributed by atoms with Crippen LogP contribution in [0.2, 0.25) is 0 Å². The van der Waals surface area contributed by atoms with E-state index in [1.54, 1.807) is 0 Å². The molecule has 0 aliphatic carbocycles. The first-order valence-corrected chi connectivity index (χ1v) is 17.4. The summed E-state index contributed by atoms with van der Waals surface area (Å²) in [7, 11) is 0. The molecule has 0 bridgehead atoms. The second-order valence-electron chi connectivity index (χ2n) is 13.0. The number of nitrogens with zero attached hydrogens (tertiary/aromatic N) is 2. The summed E-state index contributed by atoms with van der Waals surface area (Å²) < 4.78 is 6.89.